The van der Waals surface area contributed by atoms with Gasteiger partial charge in [-0.05, 0) is 49.6 Å². The molecular formula is C22H25N3O2. The van der Waals surface area contributed by atoms with Gasteiger partial charge < -0.3 is 9.88 Å². The van der Waals surface area contributed by atoms with Crippen molar-refractivity contribution in [3.8, 4) is 0 Å². The Labute approximate surface area is 159 Å². The van der Waals surface area contributed by atoms with Gasteiger partial charge in [0.25, 0.3) is 0 Å². The second-order valence-electron chi connectivity index (χ2n) is 6.85. The van der Waals surface area contributed by atoms with Gasteiger partial charge in [0.15, 0.2) is 5.78 Å². The number of hydrogen-bond acceptors (Lipinski definition) is 3. The van der Waals surface area contributed by atoms with Gasteiger partial charge in [-0.15, -0.1) is 0 Å². The number of rotatable bonds is 8. The number of nitrogens with one attached hydrogen (secondary N) is 1. The highest BCUT2D eigenvalue weighted by atomic mass is 16.2. The van der Waals surface area contributed by atoms with Crippen molar-refractivity contribution in [2.24, 2.45) is 0 Å². The van der Waals surface area contributed by atoms with Crippen molar-refractivity contribution >= 4 is 22.7 Å². The maximum absolute atomic E-state index is 12.2. The first-order valence-corrected chi connectivity index (χ1v) is 9.31. The Morgan fingerprint density at radius 2 is 1.85 bits per heavy atom. The third-order valence-electron chi connectivity index (χ3n) is 4.83. The van der Waals surface area contributed by atoms with E-state index in [4.69, 9.17) is 0 Å². The summed E-state index contributed by atoms with van der Waals surface area (Å²) in [6.07, 6.45) is 3.10. The van der Waals surface area contributed by atoms with Gasteiger partial charge in [0.2, 0.25) is 5.91 Å². The molecule has 140 valence electrons. The number of benzene rings is 2. The van der Waals surface area contributed by atoms with Crippen LogP contribution in [0.4, 0.5) is 0 Å². The molecule has 0 radical (unpaired) electrons. The van der Waals surface area contributed by atoms with Gasteiger partial charge in [-0.1, -0.05) is 24.3 Å². The summed E-state index contributed by atoms with van der Waals surface area (Å²) in [6.45, 7) is 5.39. The van der Waals surface area contributed by atoms with Crippen LogP contribution < -0.4 is 5.32 Å². The van der Waals surface area contributed by atoms with Crippen LogP contribution in [0.2, 0.25) is 0 Å². The Morgan fingerprint density at radius 1 is 1.04 bits per heavy atom. The standard InChI is InChI=1S/C22H25N3O2/c1-16-8-9-18(14-17(16)2)21(26)10-11-22(27)23-12-5-13-25-15-24-19-6-3-4-7-20(19)25/h3-4,6-9,14-15H,5,10-13H2,1-2H3,(H,23,27). The Bertz CT molecular complexity index is 959. The number of Topliss-reactive ketones (excluding diaryl/α,β-unsaturated/α-hetero) is 1. The topological polar surface area (TPSA) is 64.0 Å². The number of hydrogen-bond donors (Lipinski definition) is 1. The molecule has 5 heteroatoms. The lowest BCUT2D eigenvalue weighted by molar-refractivity contribution is -0.121. The first-order chi connectivity index (χ1) is 13.0. The average Bonchev–Trinajstić information content (AvgIpc) is 3.08. The van der Waals surface area contributed by atoms with Gasteiger partial charge in [0, 0.05) is 31.5 Å². The molecule has 0 aliphatic carbocycles. The molecule has 5 nitrogen and oxygen atoms in total. The van der Waals surface area contributed by atoms with Gasteiger partial charge in [0.1, 0.15) is 0 Å². The van der Waals surface area contributed by atoms with E-state index in [1.165, 1.54) is 0 Å². The van der Waals surface area contributed by atoms with Crippen molar-refractivity contribution in [1.82, 2.24) is 14.9 Å². The lowest BCUT2D eigenvalue weighted by Crippen LogP contribution is -2.25. The predicted molar refractivity (Wildman–Crippen MR) is 107 cm³/mol. The van der Waals surface area contributed by atoms with Gasteiger partial charge in [0.05, 0.1) is 17.4 Å². The number of aryl methyl sites for hydroxylation is 3. The molecule has 0 unspecified atom stereocenters. The van der Waals surface area contributed by atoms with E-state index in [-0.39, 0.29) is 24.5 Å². The van der Waals surface area contributed by atoms with Crippen LogP contribution >= 0.6 is 0 Å². The lowest BCUT2D eigenvalue weighted by Gasteiger charge is -2.07. The minimum absolute atomic E-state index is 0.0122. The number of ketones is 1. The smallest absolute Gasteiger partial charge is 0.220 e. The number of nitrogens with zero attached hydrogens (tertiary/aromatic N) is 2. The molecule has 27 heavy (non-hydrogen) atoms. The van der Waals surface area contributed by atoms with Gasteiger partial charge in [-0.25, -0.2) is 4.98 Å². The molecule has 1 N–H and O–H groups in total. The highest BCUT2D eigenvalue weighted by molar-refractivity contribution is 5.98. The van der Waals surface area contributed by atoms with Crippen molar-refractivity contribution in [1.29, 1.82) is 0 Å². The first-order valence-electron chi connectivity index (χ1n) is 9.31. The molecule has 3 aromatic rings. The molecule has 0 spiro atoms. The van der Waals surface area contributed by atoms with Crippen LogP contribution in [-0.2, 0) is 11.3 Å². The first kappa shape index (κ1) is 18.8. The maximum Gasteiger partial charge on any atom is 0.220 e. The SMILES string of the molecule is Cc1ccc(C(=O)CCC(=O)NCCCn2cnc3ccccc32)cc1C. The molecule has 1 aromatic heterocycles. The fourth-order valence-electron chi connectivity index (χ4n) is 3.04. The van der Waals surface area contributed by atoms with E-state index in [1.54, 1.807) is 0 Å². The molecule has 0 bridgehead atoms. The summed E-state index contributed by atoms with van der Waals surface area (Å²) in [6, 6.07) is 13.7. The largest absolute Gasteiger partial charge is 0.356 e. The summed E-state index contributed by atoms with van der Waals surface area (Å²) >= 11 is 0. The molecule has 0 aliphatic heterocycles. The van der Waals surface area contributed by atoms with Gasteiger partial charge in [-0.2, -0.15) is 0 Å². The molecule has 2 aromatic carbocycles. The maximum atomic E-state index is 12.2. The third kappa shape index (κ3) is 4.82. The molecule has 0 saturated carbocycles. The van der Waals surface area contributed by atoms with E-state index in [0.717, 1.165) is 35.1 Å². The number of para-hydroxylation sites is 2. The van der Waals surface area contributed by atoms with E-state index in [2.05, 4.69) is 14.9 Å². The van der Waals surface area contributed by atoms with E-state index >= 15 is 0 Å². The zero-order valence-electron chi connectivity index (χ0n) is 15.9. The Balaban J connectivity index is 1.39. The summed E-state index contributed by atoms with van der Waals surface area (Å²) < 4.78 is 2.09. The lowest BCUT2D eigenvalue weighted by atomic mass is 10.0. The zero-order chi connectivity index (χ0) is 19.2. The number of imidazole rings is 1. The molecule has 0 saturated heterocycles. The minimum Gasteiger partial charge on any atom is -0.356 e. The Morgan fingerprint density at radius 3 is 2.67 bits per heavy atom. The van der Waals surface area contributed by atoms with Crippen LogP contribution in [-0.4, -0.2) is 27.8 Å². The zero-order valence-corrected chi connectivity index (χ0v) is 15.9. The Hall–Kier alpha value is -2.95. The normalized spacial score (nSPS) is 10.9. The van der Waals surface area contributed by atoms with Crippen LogP contribution in [0.5, 0.6) is 0 Å². The van der Waals surface area contributed by atoms with Crippen LogP contribution in [0.25, 0.3) is 11.0 Å². The summed E-state index contributed by atoms with van der Waals surface area (Å²) in [5.41, 5.74) is 5.01. The number of fused-ring (bicyclic) bond motifs is 1. The fraction of sp³-hybridized carbons (Fsp3) is 0.318. The second-order valence-corrected chi connectivity index (χ2v) is 6.85. The molecular weight excluding hydrogens is 338 g/mol. The number of amides is 1. The second kappa shape index (κ2) is 8.62. The molecule has 0 fully saturated rings. The van der Waals surface area contributed by atoms with Crippen molar-refractivity contribution in [2.75, 3.05) is 6.54 Å². The van der Waals surface area contributed by atoms with Gasteiger partial charge in [-0.3, -0.25) is 9.59 Å². The van der Waals surface area contributed by atoms with Crippen LogP contribution in [0.3, 0.4) is 0 Å². The van der Waals surface area contributed by atoms with Crippen LogP contribution in [0.15, 0.2) is 48.8 Å². The molecule has 0 atom stereocenters. The summed E-state index contributed by atoms with van der Waals surface area (Å²) in [4.78, 5) is 28.6. The number of carbonyl (C=O) groups is 2. The van der Waals surface area contributed by atoms with E-state index in [0.29, 0.717) is 12.1 Å². The monoisotopic (exact) mass is 363 g/mol. The third-order valence-corrected chi connectivity index (χ3v) is 4.83. The number of carbonyl (C=O) groups excluding carboxylic acids is 2. The van der Waals surface area contributed by atoms with Gasteiger partial charge >= 0.3 is 0 Å². The summed E-state index contributed by atoms with van der Waals surface area (Å²) in [5, 5.41) is 2.90. The predicted octanol–water partition coefficient (Wildman–Crippen LogP) is 3.82. The van der Waals surface area contributed by atoms with Crippen LogP contribution in [0.1, 0.15) is 40.7 Å². The molecule has 3 rings (SSSR count). The highest BCUT2D eigenvalue weighted by Crippen LogP contribution is 2.13. The molecule has 1 amide bonds. The summed E-state index contributed by atoms with van der Waals surface area (Å²) in [5.74, 6) is -0.0687. The Kier molecular flexibility index (Phi) is 6.01. The van der Waals surface area contributed by atoms with E-state index in [1.807, 2.05) is 62.6 Å². The van der Waals surface area contributed by atoms with Crippen molar-refractivity contribution in [3.63, 3.8) is 0 Å². The van der Waals surface area contributed by atoms with E-state index in [9.17, 15) is 9.59 Å². The number of aromatic nitrogens is 2. The van der Waals surface area contributed by atoms with E-state index < -0.39 is 0 Å². The molecule has 0 aliphatic rings. The summed E-state index contributed by atoms with van der Waals surface area (Å²) in [7, 11) is 0. The van der Waals surface area contributed by atoms with Crippen molar-refractivity contribution < 1.29 is 9.59 Å². The van der Waals surface area contributed by atoms with Crippen LogP contribution in [0, 0.1) is 13.8 Å². The quantitative estimate of drug-likeness (QED) is 0.489. The van der Waals surface area contributed by atoms with Crippen molar-refractivity contribution in [2.45, 2.75) is 39.7 Å². The average molecular weight is 363 g/mol. The highest BCUT2D eigenvalue weighted by Gasteiger charge is 2.10. The fourth-order valence-corrected chi connectivity index (χ4v) is 3.04. The minimum atomic E-state index is -0.0809. The van der Waals surface area contributed by atoms with Crippen molar-refractivity contribution in [3.05, 3.63) is 65.5 Å². The molecule has 1 heterocycles.